The van der Waals surface area contributed by atoms with Crippen LogP contribution in [0.3, 0.4) is 0 Å². The first-order valence-electron chi connectivity index (χ1n) is 3.41. The number of nitrogens with zero attached hydrogens (tertiary/aromatic N) is 3. The molecule has 0 spiro atoms. The Morgan fingerprint density at radius 2 is 2.60 bits per heavy atom. The molecule has 2 rings (SSSR count). The maximum Gasteiger partial charge on any atom is 0.133 e. The molecule has 1 aromatic rings. The Morgan fingerprint density at radius 1 is 1.70 bits per heavy atom. The molecule has 1 aliphatic rings. The second-order valence-electron chi connectivity index (χ2n) is 2.59. The van der Waals surface area contributed by atoms with E-state index in [0.717, 1.165) is 25.2 Å². The molecule has 54 valence electrons. The van der Waals surface area contributed by atoms with E-state index < -0.39 is 0 Å². The van der Waals surface area contributed by atoms with E-state index in [1.165, 1.54) is 0 Å². The average molecular weight is 155 g/mol. The van der Waals surface area contributed by atoms with Gasteiger partial charge in [-0.15, -0.1) is 10.2 Å². The molecular weight excluding hydrogens is 146 g/mol. The summed E-state index contributed by atoms with van der Waals surface area (Å²) in [6, 6.07) is 0. The fourth-order valence-electron chi connectivity index (χ4n) is 1.22. The second kappa shape index (κ2) is 2.27. The van der Waals surface area contributed by atoms with Crippen LogP contribution in [0.5, 0.6) is 0 Å². The van der Waals surface area contributed by atoms with Crippen LogP contribution in [0.15, 0.2) is 6.33 Å². The molecule has 10 heavy (non-hydrogen) atoms. The number of hydrogen-bond donors (Lipinski definition) is 1. The highest BCUT2D eigenvalue weighted by atomic mass is 32.1. The second-order valence-corrected chi connectivity index (χ2v) is 3.32. The van der Waals surface area contributed by atoms with Gasteiger partial charge in [-0.05, 0) is 6.42 Å². The summed E-state index contributed by atoms with van der Waals surface area (Å²) in [5.74, 6) is 1.08. The summed E-state index contributed by atoms with van der Waals surface area (Å²) < 4.78 is 2.09. The van der Waals surface area contributed by atoms with Crippen LogP contribution in [0.1, 0.15) is 12.2 Å². The molecule has 4 heteroatoms. The van der Waals surface area contributed by atoms with Crippen molar-refractivity contribution in [2.75, 3.05) is 0 Å². The molecule has 2 heterocycles. The van der Waals surface area contributed by atoms with E-state index in [4.69, 9.17) is 0 Å². The van der Waals surface area contributed by atoms with Crippen molar-refractivity contribution in [2.24, 2.45) is 0 Å². The fourth-order valence-corrected chi connectivity index (χ4v) is 1.50. The van der Waals surface area contributed by atoms with Crippen molar-refractivity contribution in [1.29, 1.82) is 0 Å². The third kappa shape index (κ3) is 0.923. The fraction of sp³-hybridized carbons (Fsp3) is 0.667. The molecule has 1 atom stereocenters. The lowest BCUT2D eigenvalue weighted by Crippen LogP contribution is -2.18. The van der Waals surface area contributed by atoms with Crippen molar-refractivity contribution in [3.63, 3.8) is 0 Å². The molecular formula is C6H9N3S. The molecule has 3 nitrogen and oxygen atoms in total. The molecule has 0 fully saturated rings. The molecule has 1 unspecified atom stereocenters. The van der Waals surface area contributed by atoms with Crippen LogP contribution in [-0.4, -0.2) is 20.0 Å². The van der Waals surface area contributed by atoms with Crippen LogP contribution >= 0.6 is 12.6 Å². The highest BCUT2D eigenvalue weighted by Gasteiger charge is 2.15. The van der Waals surface area contributed by atoms with Gasteiger partial charge in [0.1, 0.15) is 12.2 Å². The van der Waals surface area contributed by atoms with Gasteiger partial charge in [0.2, 0.25) is 0 Å². The number of fused-ring (bicyclic) bond motifs is 1. The van der Waals surface area contributed by atoms with Crippen molar-refractivity contribution in [3.05, 3.63) is 12.2 Å². The quantitative estimate of drug-likeness (QED) is 0.554. The van der Waals surface area contributed by atoms with Crippen LogP contribution < -0.4 is 0 Å². The minimum absolute atomic E-state index is 0.483. The zero-order valence-corrected chi connectivity index (χ0v) is 6.46. The lowest BCUT2D eigenvalue weighted by atomic mass is 10.1. The molecule has 0 bridgehead atoms. The number of rotatable bonds is 0. The largest absolute Gasteiger partial charge is 0.318 e. The van der Waals surface area contributed by atoms with Crippen LogP contribution in [0.2, 0.25) is 0 Å². The van der Waals surface area contributed by atoms with E-state index in [2.05, 4.69) is 27.4 Å². The monoisotopic (exact) mass is 155 g/mol. The van der Waals surface area contributed by atoms with E-state index in [0.29, 0.717) is 5.25 Å². The molecule has 0 radical (unpaired) electrons. The number of thiol groups is 1. The Morgan fingerprint density at radius 3 is 3.50 bits per heavy atom. The van der Waals surface area contributed by atoms with Gasteiger partial charge in [0.15, 0.2) is 0 Å². The average Bonchev–Trinajstić information content (AvgIpc) is 2.33. The Labute approximate surface area is 64.9 Å². The van der Waals surface area contributed by atoms with Crippen LogP contribution in [0.4, 0.5) is 0 Å². The van der Waals surface area contributed by atoms with Crippen molar-refractivity contribution in [3.8, 4) is 0 Å². The molecule has 0 N–H and O–H groups in total. The van der Waals surface area contributed by atoms with E-state index in [-0.39, 0.29) is 0 Å². The third-order valence-corrected chi connectivity index (χ3v) is 2.26. The number of hydrogen-bond acceptors (Lipinski definition) is 3. The molecule has 1 aliphatic heterocycles. The van der Waals surface area contributed by atoms with Gasteiger partial charge in [0.25, 0.3) is 0 Å². The van der Waals surface area contributed by atoms with Crippen molar-refractivity contribution in [1.82, 2.24) is 14.8 Å². The van der Waals surface area contributed by atoms with Crippen molar-refractivity contribution >= 4 is 12.6 Å². The maximum atomic E-state index is 4.38. The van der Waals surface area contributed by atoms with E-state index in [1.54, 1.807) is 6.33 Å². The molecule has 0 saturated heterocycles. The molecule has 1 aromatic heterocycles. The molecule has 0 aliphatic carbocycles. The predicted octanol–water partition coefficient (Wildman–Crippen LogP) is 0.523. The summed E-state index contributed by atoms with van der Waals surface area (Å²) in [6.07, 6.45) is 3.88. The first-order chi connectivity index (χ1) is 4.86. The molecule has 0 saturated carbocycles. The number of aryl methyl sites for hydroxylation is 1. The number of aromatic nitrogens is 3. The molecule has 0 aromatic carbocycles. The van der Waals surface area contributed by atoms with E-state index in [9.17, 15) is 0 Å². The van der Waals surface area contributed by atoms with E-state index in [1.807, 2.05) is 0 Å². The van der Waals surface area contributed by atoms with Gasteiger partial charge in [-0.2, -0.15) is 12.6 Å². The van der Waals surface area contributed by atoms with E-state index >= 15 is 0 Å². The van der Waals surface area contributed by atoms with Gasteiger partial charge < -0.3 is 4.57 Å². The Balaban J connectivity index is 2.30. The minimum Gasteiger partial charge on any atom is -0.318 e. The SMILES string of the molecule is SC1CCn2cnnc2C1. The summed E-state index contributed by atoms with van der Waals surface area (Å²) in [4.78, 5) is 0. The van der Waals surface area contributed by atoms with Crippen LogP contribution in [0.25, 0.3) is 0 Å². The lowest BCUT2D eigenvalue weighted by Gasteiger charge is -2.17. The standard InChI is InChI=1S/C6H9N3S/c10-5-1-2-9-4-7-8-6(9)3-5/h4-5,10H,1-3H2. The summed E-state index contributed by atoms with van der Waals surface area (Å²) in [7, 11) is 0. The van der Waals surface area contributed by atoms with Crippen molar-refractivity contribution in [2.45, 2.75) is 24.6 Å². The van der Waals surface area contributed by atoms with Crippen molar-refractivity contribution < 1.29 is 0 Å². The Bertz CT molecular complexity index is 233. The topological polar surface area (TPSA) is 30.7 Å². The third-order valence-electron chi connectivity index (χ3n) is 1.82. The minimum atomic E-state index is 0.483. The van der Waals surface area contributed by atoms with Crippen LogP contribution in [0, 0.1) is 0 Å². The zero-order chi connectivity index (χ0) is 6.97. The zero-order valence-electron chi connectivity index (χ0n) is 5.56. The summed E-state index contributed by atoms with van der Waals surface area (Å²) in [5, 5.41) is 8.27. The highest BCUT2D eigenvalue weighted by molar-refractivity contribution is 7.80. The summed E-state index contributed by atoms with van der Waals surface area (Å²) in [5.41, 5.74) is 0. The first-order valence-corrected chi connectivity index (χ1v) is 3.92. The Kier molecular flexibility index (Phi) is 1.41. The smallest absolute Gasteiger partial charge is 0.133 e. The highest BCUT2D eigenvalue weighted by Crippen LogP contribution is 2.15. The maximum absolute atomic E-state index is 4.38. The predicted molar refractivity (Wildman–Crippen MR) is 41.1 cm³/mol. The van der Waals surface area contributed by atoms with Gasteiger partial charge in [-0.3, -0.25) is 0 Å². The summed E-state index contributed by atoms with van der Waals surface area (Å²) in [6.45, 7) is 1.02. The lowest BCUT2D eigenvalue weighted by molar-refractivity contribution is 0.534. The Hall–Kier alpha value is -0.510. The van der Waals surface area contributed by atoms with Gasteiger partial charge in [0, 0.05) is 18.2 Å². The summed E-state index contributed by atoms with van der Waals surface area (Å²) >= 11 is 4.38. The van der Waals surface area contributed by atoms with Gasteiger partial charge in [0.05, 0.1) is 0 Å². The van der Waals surface area contributed by atoms with Gasteiger partial charge in [-0.1, -0.05) is 0 Å². The normalized spacial score (nSPS) is 24.3. The molecule has 0 amide bonds. The first kappa shape index (κ1) is 6.22. The van der Waals surface area contributed by atoms with Gasteiger partial charge in [-0.25, -0.2) is 0 Å². The van der Waals surface area contributed by atoms with Crippen LogP contribution in [-0.2, 0) is 13.0 Å². The van der Waals surface area contributed by atoms with Gasteiger partial charge >= 0.3 is 0 Å².